The van der Waals surface area contributed by atoms with E-state index < -0.39 is 5.31 Å². The van der Waals surface area contributed by atoms with E-state index in [-0.39, 0.29) is 41.4 Å². The van der Waals surface area contributed by atoms with Crippen molar-refractivity contribution in [2.75, 3.05) is 0 Å². The number of fused-ring (bicyclic) bond motifs is 1. The Kier molecular flexibility index (Phi) is 3.75. The minimum atomic E-state index is -0.483. The van der Waals surface area contributed by atoms with Gasteiger partial charge in [-0.1, -0.05) is 57.7 Å². The van der Waals surface area contributed by atoms with Crippen LogP contribution in [0, 0.1) is 5.41 Å². The Hall–Kier alpha value is -2.54. The van der Waals surface area contributed by atoms with Crippen LogP contribution >= 0.6 is 0 Å². The number of para-hydroxylation sites is 1. The van der Waals surface area contributed by atoms with Gasteiger partial charge in [0.1, 0.15) is 0 Å². The van der Waals surface area contributed by atoms with E-state index in [1.807, 2.05) is 24.3 Å². The second-order valence-corrected chi connectivity index (χ2v) is 10.2. The molecule has 6 rings (SSSR count). The number of hydrogen-bond acceptors (Lipinski definition) is 3. The maximum Gasteiger partial charge on any atom is 0.352 e. The van der Waals surface area contributed by atoms with Crippen molar-refractivity contribution in [3.05, 3.63) is 75.6 Å². The van der Waals surface area contributed by atoms with Gasteiger partial charge in [-0.25, -0.2) is 23.5 Å². The molecular weight excluding hydrogens is 377 g/mol. The molecule has 7 heteroatoms. The maximum absolute atomic E-state index is 13.5. The smallest absolute Gasteiger partial charge is 0.352 e. The van der Waals surface area contributed by atoms with Crippen LogP contribution in [0.15, 0.2) is 64.2 Å². The van der Waals surface area contributed by atoms with Crippen LogP contribution in [0.3, 0.4) is 0 Å². The first kappa shape index (κ1) is 19.4. The lowest BCUT2D eigenvalue weighted by Gasteiger charge is -2.50. The summed E-state index contributed by atoms with van der Waals surface area (Å²) in [5.74, 6) is 0. The number of rotatable bonds is 2. The molecule has 0 saturated carbocycles. The predicted molar refractivity (Wildman–Crippen MR) is 119 cm³/mol. The Morgan fingerprint density at radius 2 is 1.63 bits per heavy atom. The van der Waals surface area contributed by atoms with Crippen LogP contribution in [0.1, 0.15) is 46.7 Å². The van der Waals surface area contributed by atoms with Gasteiger partial charge in [0, 0.05) is 5.31 Å². The Labute approximate surface area is 176 Å². The molecule has 1 fully saturated rings. The molecule has 3 aliphatic heterocycles. The van der Waals surface area contributed by atoms with E-state index >= 15 is 0 Å². The second kappa shape index (κ2) is 5.79. The first-order valence-corrected chi connectivity index (χ1v) is 10.6. The topological polar surface area (TPSA) is 58.2 Å². The third-order valence-electron chi connectivity index (χ3n) is 8.12. The van der Waals surface area contributed by atoms with Crippen LogP contribution < -0.4 is 11.4 Å². The summed E-state index contributed by atoms with van der Waals surface area (Å²) in [5.41, 5.74) is 0.556. The molecule has 1 aromatic carbocycles. The van der Waals surface area contributed by atoms with Crippen LogP contribution in [0.5, 0.6) is 0 Å². The van der Waals surface area contributed by atoms with E-state index in [1.54, 1.807) is 21.5 Å². The van der Waals surface area contributed by atoms with E-state index in [9.17, 15) is 9.59 Å². The van der Waals surface area contributed by atoms with Gasteiger partial charge in [-0.15, -0.1) is 0 Å². The first-order valence-electron chi connectivity index (χ1n) is 10.6. The largest absolute Gasteiger partial charge is 0.430 e. The molecule has 3 atom stereocenters. The standard InChI is InChI=1S/C23H28BN3O3/c1-15-17-12-13-18(23(15,6)24-14-21(2,3)22(4,5)30-24)27-20(29)25(19(28)26(17)27)16-10-8-7-9-11-16/h7-13,17-18H,1,14H2,2-6H3. The van der Waals surface area contributed by atoms with Crippen molar-refractivity contribution >= 4 is 6.92 Å². The van der Waals surface area contributed by atoms with Gasteiger partial charge in [0.05, 0.1) is 23.4 Å². The fourth-order valence-corrected chi connectivity index (χ4v) is 5.37. The highest BCUT2D eigenvalue weighted by Crippen LogP contribution is 2.63. The maximum atomic E-state index is 13.5. The SMILES string of the molecule is C=C1C2C=CC(n3c(=O)n(-c4ccccc4)c(=O)n32)C1(C)B1CC(C)(C)C(C)(C)O1. The predicted octanol–water partition coefficient (Wildman–Crippen LogP) is 3.61. The first-order chi connectivity index (χ1) is 14.0. The molecule has 4 heterocycles. The number of hydrogen-bond donors (Lipinski definition) is 0. The third kappa shape index (κ3) is 2.19. The summed E-state index contributed by atoms with van der Waals surface area (Å²) in [4.78, 5) is 26.8. The lowest BCUT2D eigenvalue weighted by atomic mass is 9.36. The van der Waals surface area contributed by atoms with Crippen LogP contribution in [0.25, 0.3) is 5.69 Å². The van der Waals surface area contributed by atoms with Gasteiger partial charge in [0.2, 0.25) is 0 Å². The summed E-state index contributed by atoms with van der Waals surface area (Å²) < 4.78 is 11.0. The van der Waals surface area contributed by atoms with Crippen LogP contribution in [-0.4, -0.2) is 26.4 Å². The van der Waals surface area contributed by atoms with Crippen molar-refractivity contribution < 1.29 is 4.65 Å². The zero-order chi connectivity index (χ0) is 21.6. The highest BCUT2D eigenvalue weighted by Gasteiger charge is 2.62. The fourth-order valence-electron chi connectivity index (χ4n) is 5.37. The van der Waals surface area contributed by atoms with Crippen LogP contribution in [0.2, 0.25) is 11.6 Å². The van der Waals surface area contributed by atoms with E-state index in [2.05, 4.69) is 47.3 Å². The Balaban J connectivity index is 1.70. The monoisotopic (exact) mass is 405 g/mol. The average Bonchev–Trinajstić information content (AvgIpc) is 3.09. The van der Waals surface area contributed by atoms with Gasteiger partial charge in [0.15, 0.2) is 0 Å². The lowest BCUT2D eigenvalue weighted by molar-refractivity contribution is 0.0323. The van der Waals surface area contributed by atoms with Gasteiger partial charge in [-0.2, -0.15) is 0 Å². The van der Waals surface area contributed by atoms with Crippen molar-refractivity contribution in [2.24, 2.45) is 5.41 Å². The normalized spacial score (nSPS) is 30.7. The molecule has 30 heavy (non-hydrogen) atoms. The van der Waals surface area contributed by atoms with E-state index in [1.165, 1.54) is 4.57 Å². The molecule has 1 aromatic heterocycles. The van der Waals surface area contributed by atoms with Crippen molar-refractivity contribution in [3.8, 4) is 5.69 Å². The molecular formula is C23H28BN3O3. The fraction of sp³-hybridized carbons (Fsp3) is 0.478. The Bertz CT molecular complexity index is 1180. The zero-order valence-corrected chi connectivity index (χ0v) is 18.3. The molecule has 3 unspecified atom stereocenters. The summed E-state index contributed by atoms with van der Waals surface area (Å²) in [5, 5.41) is -0.483. The Morgan fingerprint density at radius 1 is 1.00 bits per heavy atom. The van der Waals surface area contributed by atoms with Gasteiger partial charge < -0.3 is 4.65 Å². The van der Waals surface area contributed by atoms with Crippen molar-refractivity contribution in [1.82, 2.24) is 13.9 Å². The van der Waals surface area contributed by atoms with Crippen molar-refractivity contribution in [1.29, 1.82) is 0 Å². The van der Waals surface area contributed by atoms with Gasteiger partial charge in [-0.3, -0.25) is 0 Å². The van der Waals surface area contributed by atoms with Crippen molar-refractivity contribution in [3.63, 3.8) is 0 Å². The van der Waals surface area contributed by atoms with Crippen molar-refractivity contribution in [2.45, 2.75) is 63.9 Å². The second-order valence-electron chi connectivity index (χ2n) is 10.2. The zero-order valence-electron chi connectivity index (χ0n) is 18.3. The lowest BCUT2D eigenvalue weighted by Crippen LogP contribution is -2.52. The van der Waals surface area contributed by atoms with Crippen LogP contribution in [0.4, 0.5) is 0 Å². The molecule has 0 N–H and O–H groups in total. The van der Waals surface area contributed by atoms with E-state index in [4.69, 9.17) is 4.65 Å². The molecule has 6 nitrogen and oxygen atoms in total. The molecule has 0 spiro atoms. The number of aromatic nitrogens is 3. The number of allylic oxidation sites excluding steroid dienone is 3. The molecule has 1 saturated heterocycles. The molecule has 0 radical (unpaired) electrons. The highest BCUT2D eigenvalue weighted by atomic mass is 16.5. The van der Waals surface area contributed by atoms with Gasteiger partial charge >= 0.3 is 18.3 Å². The summed E-state index contributed by atoms with van der Waals surface area (Å²) in [6.45, 7) is 15.2. The van der Waals surface area contributed by atoms with E-state index in [0.717, 1.165) is 11.9 Å². The third-order valence-corrected chi connectivity index (χ3v) is 8.12. The minimum absolute atomic E-state index is 0.0119. The average molecular weight is 405 g/mol. The molecule has 156 valence electrons. The highest BCUT2D eigenvalue weighted by molar-refractivity contribution is 6.58. The molecule has 2 aromatic rings. The molecule has 2 bridgehead atoms. The van der Waals surface area contributed by atoms with Crippen LogP contribution in [-0.2, 0) is 4.65 Å². The van der Waals surface area contributed by atoms with Gasteiger partial charge in [0.25, 0.3) is 0 Å². The summed E-state index contributed by atoms with van der Waals surface area (Å²) in [7, 11) is 0. The summed E-state index contributed by atoms with van der Waals surface area (Å²) in [6, 6.07) is 8.40. The number of benzene rings is 1. The Morgan fingerprint density at radius 3 is 2.23 bits per heavy atom. The summed E-state index contributed by atoms with van der Waals surface area (Å²) >= 11 is 0. The molecule has 1 aliphatic carbocycles. The minimum Gasteiger partial charge on any atom is -0.430 e. The molecule has 4 aliphatic rings. The quantitative estimate of drug-likeness (QED) is 0.567. The molecule has 0 amide bonds. The summed E-state index contributed by atoms with van der Waals surface area (Å²) in [6.07, 6.45) is 4.91. The van der Waals surface area contributed by atoms with Gasteiger partial charge in [-0.05, 0) is 43.3 Å². The number of nitrogens with zero attached hydrogens (tertiary/aromatic N) is 3. The van der Waals surface area contributed by atoms with E-state index in [0.29, 0.717) is 5.69 Å².